The first kappa shape index (κ1) is 18.1. The summed E-state index contributed by atoms with van der Waals surface area (Å²) in [5, 5.41) is 0. The Morgan fingerprint density at radius 1 is 1.17 bits per heavy atom. The van der Waals surface area contributed by atoms with Crippen LogP contribution in [0.15, 0.2) is 0 Å². The van der Waals surface area contributed by atoms with E-state index in [1.54, 1.807) is 4.90 Å². The molecule has 0 N–H and O–H groups in total. The van der Waals surface area contributed by atoms with Crippen molar-refractivity contribution in [3.05, 3.63) is 0 Å². The molecule has 1 amide bonds. The second-order valence-electron chi connectivity index (χ2n) is 7.97. The minimum absolute atomic E-state index is 0.0734. The molecule has 1 saturated heterocycles. The first-order valence-electron chi connectivity index (χ1n) is 8.91. The highest BCUT2D eigenvalue weighted by Gasteiger charge is 2.46. The van der Waals surface area contributed by atoms with Crippen LogP contribution in [0, 0.1) is 11.3 Å². The van der Waals surface area contributed by atoms with E-state index in [0.717, 1.165) is 6.42 Å². The third-order valence-electron chi connectivity index (χ3n) is 4.98. The number of piperidine rings is 1. The van der Waals surface area contributed by atoms with E-state index in [1.807, 2.05) is 27.7 Å². The van der Waals surface area contributed by atoms with E-state index in [4.69, 9.17) is 9.47 Å². The quantitative estimate of drug-likeness (QED) is 0.739. The Bertz CT molecular complexity index is 429. The van der Waals surface area contributed by atoms with Crippen molar-refractivity contribution in [2.75, 3.05) is 19.7 Å². The van der Waals surface area contributed by atoms with Crippen LogP contribution in [0.2, 0.25) is 0 Å². The molecule has 0 bridgehead atoms. The molecule has 5 nitrogen and oxygen atoms in total. The van der Waals surface area contributed by atoms with Gasteiger partial charge in [0.2, 0.25) is 0 Å². The number of nitrogens with zero attached hydrogens (tertiary/aromatic N) is 1. The number of rotatable bonds is 4. The average Bonchev–Trinajstić information content (AvgIpc) is 2.42. The lowest BCUT2D eigenvalue weighted by Crippen LogP contribution is -2.49. The van der Waals surface area contributed by atoms with Crippen LogP contribution in [0.5, 0.6) is 0 Å². The third-order valence-corrected chi connectivity index (χ3v) is 4.98. The molecule has 1 saturated carbocycles. The molecule has 0 spiro atoms. The van der Waals surface area contributed by atoms with Gasteiger partial charge < -0.3 is 14.4 Å². The van der Waals surface area contributed by atoms with E-state index in [1.165, 1.54) is 19.3 Å². The summed E-state index contributed by atoms with van der Waals surface area (Å²) >= 11 is 0. The van der Waals surface area contributed by atoms with Gasteiger partial charge in [-0.05, 0) is 52.9 Å². The molecule has 0 aromatic carbocycles. The van der Waals surface area contributed by atoms with Crippen molar-refractivity contribution < 1.29 is 19.1 Å². The molecule has 0 unspecified atom stereocenters. The van der Waals surface area contributed by atoms with Crippen molar-refractivity contribution in [1.29, 1.82) is 0 Å². The molecule has 132 valence electrons. The van der Waals surface area contributed by atoms with Crippen LogP contribution in [0.1, 0.15) is 66.2 Å². The number of carbonyl (C=O) groups excluding carboxylic acids is 2. The largest absolute Gasteiger partial charge is 0.466 e. The Hall–Kier alpha value is -1.26. The van der Waals surface area contributed by atoms with E-state index >= 15 is 0 Å². The maximum Gasteiger partial charge on any atom is 0.410 e. The molecule has 2 fully saturated rings. The molecule has 2 rings (SSSR count). The number of likely N-dealkylation sites (tertiary alicyclic amines) is 1. The Morgan fingerprint density at radius 3 is 2.22 bits per heavy atom. The van der Waals surface area contributed by atoms with Crippen molar-refractivity contribution in [3.63, 3.8) is 0 Å². The number of hydrogen-bond donors (Lipinski definition) is 0. The lowest BCUT2D eigenvalue weighted by Gasteiger charge is -2.43. The highest BCUT2D eigenvalue weighted by molar-refractivity contribution is 5.77. The topological polar surface area (TPSA) is 55.8 Å². The van der Waals surface area contributed by atoms with E-state index in [2.05, 4.69) is 0 Å². The summed E-state index contributed by atoms with van der Waals surface area (Å²) in [6.45, 7) is 9.02. The standard InChI is InChI=1S/C18H31NO4/c1-5-22-15(20)18(13-14-7-6-8-14)9-11-19(12-10-18)16(21)23-17(2,3)4/h14H,5-13H2,1-4H3. The molecule has 0 atom stereocenters. The number of amides is 1. The normalized spacial score (nSPS) is 21.5. The smallest absolute Gasteiger partial charge is 0.410 e. The SMILES string of the molecule is CCOC(=O)C1(CC2CCC2)CCN(C(=O)OC(C)(C)C)CC1. The number of carbonyl (C=O) groups is 2. The maximum atomic E-state index is 12.5. The van der Waals surface area contributed by atoms with Gasteiger partial charge in [-0.15, -0.1) is 0 Å². The van der Waals surface area contributed by atoms with Crippen molar-refractivity contribution in [2.45, 2.75) is 71.8 Å². The number of ether oxygens (including phenoxy) is 2. The monoisotopic (exact) mass is 325 g/mol. The van der Waals surface area contributed by atoms with E-state index in [9.17, 15) is 9.59 Å². The zero-order valence-corrected chi connectivity index (χ0v) is 15.0. The second kappa shape index (κ2) is 7.10. The molecule has 0 aromatic heterocycles. The molecule has 1 aliphatic carbocycles. The van der Waals surface area contributed by atoms with Crippen LogP contribution >= 0.6 is 0 Å². The average molecular weight is 325 g/mol. The zero-order chi connectivity index (χ0) is 17.1. The first-order valence-corrected chi connectivity index (χ1v) is 8.91. The summed E-state index contributed by atoms with van der Waals surface area (Å²) in [4.78, 5) is 26.5. The number of esters is 1. The van der Waals surface area contributed by atoms with Crippen LogP contribution in [0.25, 0.3) is 0 Å². The predicted molar refractivity (Wildman–Crippen MR) is 88.1 cm³/mol. The van der Waals surface area contributed by atoms with Crippen LogP contribution in [0.3, 0.4) is 0 Å². The molecular formula is C18H31NO4. The van der Waals surface area contributed by atoms with Crippen LogP contribution in [-0.4, -0.2) is 42.3 Å². The van der Waals surface area contributed by atoms with Gasteiger partial charge in [-0.3, -0.25) is 4.79 Å². The fourth-order valence-electron chi connectivity index (χ4n) is 3.47. The van der Waals surface area contributed by atoms with Crippen molar-refractivity contribution in [2.24, 2.45) is 11.3 Å². The minimum Gasteiger partial charge on any atom is -0.466 e. The van der Waals surface area contributed by atoms with Crippen LogP contribution < -0.4 is 0 Å². The van der Waals surface area contributed by atoms with E-state index in [-0.39, 0.29) is 12.1 Å². The molecular weight excluding hydrogens is 294 g/mol. The lowest BCUT2D eigenvalue weighted by molar-refractivity contribution is -0.160. The third kappa shape index (κ3) is 4.61. The van der Waals surface area contributed by atoms with Gasteiger partial charge in [0.1, 0.15) is 5.60 Å². The molecule has 0 aromatic rings. The van der Waals surface area contributed by atoms with Crippen LogP contribution in [0.4, 0.5) is 4.79 Å². The Kier molecular flexibility index (Phi) is 5.58. The van der Waals surface area contributed by atoms with Crippen molar-refractivity contribution in [1.82, 2.24) is 4.90 Å². The van der Waals surface area contributed by atoms with Gasteiger partial charge in [0.25, 0.3) is 0 Å². The van der Waals surface area contributed by atoms with Gasteiger partial charge in [0, 0.05) is 13.1 Å². The summed E-state index contributed by atoms with van der Waals surface area (Å²) in [5.74, 6) is 0.572. The molecule has 23 heavy (non-hydrogen) atoms. The molecule has 0 radical (unpaired) electrons. The number of hydrogen-bond acceptors (Lipinski definition) is 4. The molecule has 5 heteroatoms. The molecule has 2 aliphatic rings. The first-order chi connectivity index (χ1) is 10.8. The summed E-state index contributed by atoms with van der Waals surface area (Å²) in [6, 6.07) is 0. The van der Waals surface area contributed by atoms with Crippen LogP contribution in [-0.2, 0) is 14.3 Å². The summed E-state index contributed by atoms with van der Waals surface area (Å²) < 4.78 is 10.8. The van der Waals surface area contributed by atoms with E-state index < -0.39 is 11.0 Å². The van der Waals surface area contributed by atoms with Gasteiger partial charge in [-0.2, -0.15) is 0 Å². The zero-order valence-electron chi connectivity index (χ0n) is 15.0. The summed E-state index contributed by atoms with van der Waals surface area (Å²) in [7, 11) is 0. The van der Waals surface area contributed by atoms with E-state index in [0.29, 0.717) is 38.5 Å². The van der Waals surface area contributed by atoms with Gasteiger partial charge in [-0.25, -0.2) is 4.79 Å². The summed E-state index contributed by atoms with van der Waals surface area (Å²) in [6.07, 6.45) is 5.71. The van der Waals surface area contributed by atoms with Crippen molar-refractivity contribution in [3.8, 4) is 0 Å². The molecule has 1 heterocycles. The molecule has 1 aliphatic heterocycles. The fourth-order valence-corrected chi connectivity index (χ4v) is 3.47. The fraction of sp³-hybridized carbons (Fsp3) is 0.889. The van der Waals surface area contributed by atoms with Gasteiger partial charge in [0.15, 0.2) is 0 Å². The predicted octanol–water partition coefficient (Wildman–Crippen LogP) is 3.76. The Morgan fingerprint density at radius 2 is 1.78 bits per heavy atom. The second-order valence-corrected chi connectivity index (χ2v) is 7.97. The highest BCUT2D eigenvalue weighted by Crippen LogP contribution is 2.44. The Labute approximate surface area is 139 Å². The highest BCUT2D eigenvalue weighted by atomic mass is 16.6. The van der Waals surface area contributed by atoms with Gasteiger partial charge >= 0.3 is 12.1 Å². The maximum absolute atomic E-state index is 12.5. The Balaban J connectivity index is 1.98. The van der Waals surface area contributed by atoms with Crippen molar-refractivity contribution >= 4 is 12.1 Å². The van der Waals surface area contributed by atoms with Gasteiger partial charge in [-0.1, -0.05) is 19.3 Å². The lowest BCUT2D eigenvalue weighted by atomic mass is 9.67. The minimum atomic E-state index is -0.487. The summed E-state index contributed by atoms with van der Waals surface area (Å²) in [5.41, 5.74) is -0.891. The van der Waals surface area contributed by atoms with Gasteiger partial charge in [0.05, 0.1) is 12.0 Å².